The van der Waals surface area contributed by atoms with Crippen LogP contribution in [0.15, 0.2) is 42.5 Å². The predicted octanol–water partition coefficient (Wildman–Crippen LogP) is 4.14. The molecule has 0 saturated carbocycles. The Hall–Kier alpha value is -1.98. The van der Waals surface area contributed by atoms with Gasteiger partial charge in [-0.3, -0.25) is 0 Å². The van der Waals surface area contributed by atoms with Gasteiger partial charge in [0.1, 0.15) is 12.4 Å². The molecule has 0 radical (unpaired) electrons. The molecule has 0 amide bonds. The van der Waals surface area contributed by atoms with Crippen LogP contribution < -0.4 is 4.74 Å². The highest BCUT2D eigenvalue weighted by atomic mass is 32.2. The first kappa shape index (κ1) is 18.8. The van der Waals surface area contributed by atoms with E-state index in [1.54, 1.807) is 6.07 Å². The number of ether oxygens (including phenoxy) is 2. The fourth-order valence-corrected chi connectivity index (χ4v) is 4.48. The summed E-state index contributed by atoms with van der Waals surface area (Å²) in [5.41, 5.74) is 4.08. The number of esters is 1. The second-order valence-electron chi connectivity index (χ2n) is 6.51. The van der Waals surface area contributed by atoms with Crippen molar-refractivity contribution < 1.29 is 14.3 Å². The van der Waals surface area contributed by atoms with Crippen molar-refractivity contribution in [2.24, 2.45) is 0 Å². The first-order chi connectivity index (χ1) is 12.6. The number of rotatable bonds is 6. The highest BCUT2D eigenvalue weighted by Crippen LogP contribution is 2.44. The summed E-state index contributed by atoms with van der Waals surface area (Å²) >= 11 is 1.88. The van der Waals surface area contributed by atoms with E-state index in [0.29, 0.717) is 18.8 Å². The molecule has 26 heavy (non-hydrogen) atoms. The van der Waals surface area contributed by atoms with Gasteiger partial charge in [-0.25, -0.2) is 4.79 Å². The number of hydrogen-bond acceptors (Lipinski definition) is 5. The smallest absolute Gasteiger partial charge is 0.338 e. The highest BCUT2D eigenvalue weighted by molar-refractivity contribution is 7.99. The molecule has 0 aliphatic carbocycles. The Bertz CT molecular complexity index is 776. The number of carbonyl (C=O) groups is 1. The lowest BCUT2D eigenvalue weighted by Gasteiger charge is -2.20. The third kappa shape index (κ3) is 4.22. The molecule has 138 valence electrons. The summed E-state index contributed by atoms with van der Waals surface area (Å²) in [6, 6.07) is 14.0. The Morgan fingerprint density at radius 2 is 2.04 bits per heavy atom. The van der Waals surface area contributed by atoms with E-state index in [0.717, 1.165) is 23.6 Å². The first-order valence-corrected chi connectivity index (χ1v) is 9.93. The summed E-state index contributed by atoms with van der Waals surface area (Å²) in [4.78, 5) is 14.4. The molecule has 0 spiro atoms. The van der Waals surface area contributed by atoms with E-state index < -0.39 is 0 Å². The van der Waals surface area contributed by atoms with Gasteiger partial charge in [0.15, 0.2) is 0 Å². The lowest BCUT2D eigenvalue weighted by atomic mass is 9.98. The minimum atomic E-state index is -0.287. The van der Waals surface area contributed by atoms with Crippen LogP contribution in [0, 0.1) is 0 Å². The number of carbonyl (C=O) groups excluding carboxylic acids is 1. The molecule has 2 aromatic carbocycles. The molecule has 0 N–H and O–H groups in total. The van der Waals surface area contributed by atoms with Crippen molar-refractivity contribution >= 4 is 17.7 Å². The van der Waals surface area contributed by atoms with Crippen LogP contribution in [-0.2, 0) is 11.3 Å². The van der Waals surface area contributed by atoms with Crippen molar-refractivity contribution in [1.29, 1.82) is 0 Å². The fourth-order valence-electron chi connectivity index (χ4n) is 3.00. The molecule has 0 bridgehead atoms. The Labute approximate surface area is 159 Å². The van der Waals surface area contributed by atoms with Crippen molar-refractivity contribution in [3.63, 3.8) is 0 Å². The molecular weight excluding hydrogens is 346 g/mol. The summed E-state index contributed by atoms with van der Waals surface area (Å²) in [7, 11) is 4.16. The topological polar surface area (TPSA) is 38.8 Å². The van der Waals surface area contributed by atoms with E-state index in [-0.39, 0.29) is 11.2 Å². The normalized spacial score (nSPS) is 15.6. The zero-order valence-electron chi connectivity index (χ0n) is 15.5. The van der Waals surface area contributed by atoms with Crippen LogP contribution in [0.1, 0.15) is 39.2 Å². The number of nitrogens with zero attached hydrogens (tertiary/aromatic N) is 1. The third-order valence-corrected chi connectivity index (χ3v) is 5.61. The average molecular weight is 372 g/mol. The van der Waals surface area contributed by atoms with Gasteiger partial charge in [-0.2, -0.15) is 0 Å². The third-order valence-electron chi connectivity index (χ3n) is 4.35. The maximum absolute atomic E-state index is 12.2. The molecule has 1 unspecified atom stereocenters. The SMILES string of the molecule is CCOC(=O)c1ccc2c(c1)C(SCCN(C)C)c1ccccc1CO2. The maximum atomic E-state index is 12.2. The Morgan fingerprint density at radius 3 is 2.81 bits per heavy atom. The molecule has 1 atom stereocenters. The molecule has 5 heteroatoms. The number of hydrogen-bond donors (Lipinski definition) is 0. The van der Waals surface area contributed by atoms with E-state index in [2.05, 4.69) is 37.2 Å². The zero-order valence-corrected chi connectivity index (χ0v) is 16.3. The predicted molar refractivity (Wildman–Crippen MR) is 106 cm³/mol. The van der Waals surface area contributed by atoms with Gasteiger partial charge < -0.3 is 14.4 Å². The molecular formula is C21H25NO3S. The second kappa shape index (κ2) is 8.60. The van der Waals surface area contributed by atoms with Crippen LogP contribution in [0.4, 0.5) is 0 Å². The van der Waals surface area contributed by atoms with Gasteiger partial charge in [0.2, 0.25) is 0 Å². The Kier molecular flexibility index (Phi) is 6.22. The maximum Gasteiger partial charge on any atom is 0.338 e. The van der Waals surface area contributed by atoms with Gasteiger partial charge in [0.25, 0.3) is 0 Å². The van der Waals surface area contributed by atoms with E-state index in [1.807, 2.05) is 36.9 Å². The van der Waals surface area contributed by atoms with Crippen LogP contribution in [0.2, 0.25) is 0 Å². The van der Waals surface area contributed by atoms with Gasteiger partial charge in [-0.15, -0.1) is 11.8 Å². The lowest BCUT2D eigenvalue weighted by molar-refractivity contribution is 0.0526. The summed E-state index contributed by atoms with van der Waals surface area (Å²) < 4.78 is 11.2. The summed E-state index contributed by atoms with van der Waals surface area (Å²) in [5.74, 6) is 1.55. The first-order valence-electron chi connectivity index (χ1n) is 8.88. The average Bonchev–Trinajstić information content (AvgIpc) is 2.79. The molecule has 0 fully saturated rings. The van der Waals surface area contributed by atoms with Crippen molar-refractivity contribution in [1.82, 2.24) is 4.90 Å². The molecule has 0 saturated heterocycles. The Morgan fingerprint density at radius 1 is 1.23 bits per heavy atom. The number of thioether (sulfide) groups is 1. The second-order valence-corrected chi connectivity index (χ2v) is 7.73. The van der Waals surface area contributed by atoms with Crippen molar-refractivity contribution in [3.8, 4) is 5.75 Å². The van der Waals surface area contributed by atoms with Crippen LogP contribution in [0.25, 0.3) is 0 Å². The molecule has 3 rings (SSSR count). The van der Waals surface area contributed by atoms with E-state index in [9.17, 15) is 4.79 Å². The standard InChI is InChI=1S/C21H25NO3S/c1-4-24-21(23)15-9-10-19-18(13-15)20(26-12-11-22(2)3)17-8-6-5-7-16(17)14-25-19/h5-10,13,20H,4,11-12,14H2,1-3H3. The molecule has 1 aliphatic rings. The minimum Gasteiger partial charge on any atom is -0.489 e. The summed E-state index contributed by atoms with van der Waals surface area (Å²) in [6.07, 6.45) is 0. The lowest BCUT2D eigenvalue weighted by Crippen LogP contribution is -2.16. The molecule has 1 heterocycles. The largest absolute Gasteiger partial charge is 0.489 e. The zero-order chi connectivity index (χ0) is 18.5. The molecule has 1 aliphatic heterocycles. The van der Waals surface area contributed by atoms with E-state index in [1.165, 1.54) is 11.1 Å². The van der Waals surface area contributed by atoms with Crippen LogP contribution in [-0.4, -0.2) is 43.9 Å². The molecule has 2 aromatic rings. The van der Waals surface area contributed by atoms with Crippen molar-refractivity contribution in [2.75, 3.05) is 33.0 Å². The number of fused-ring (bicyclic) bond motifs is 2. The van der Waals surface area contributed by atoms with E-state index in [4.69, 9.17) is 9.47 Å². The van der Waals surface area contributed by atoms with Crippen LogP contribution >= 0.6 is 11.8 Å². The Balaban J connectivity index is 1.99. The van der Waals surface area contributed by atoms with Gasteiger partial charge in [-0.05, 0) is 50.3 Å². The minimum absolute atomic E-state index is 0.137. The van der Waals surface area contributed by atoms with Gasteiger partial charge in [0.05, 0.1) is 17.4 Å². The molecule has 0 aromatic heterocycles. The van der Waals surface area contributed by atoms with Crippen molar-refractivity contribution in [2.45, 2.75) is 18.8 Å². The summed E-state index contributed by atoms with van der Waals surface area (Å²) in [6.45, 7) is 3.74. The fraction of sp³-hybridized carbons (Fsp3) is 0.381. The van der Waals surface area contributed by atoms with E-state index >= 15 is 0 Å². The quantitative estimate of drug-likeness (QED) is 0.714. The van der Waals surface area contributed by atoms with Gasteiger partial charge in [-0.1, -0.05) is 24.3 Å². The van der Waals surface area contributed by atoms with Gasteiger partial charge in [0, 0.05) is 17.9 Å². The van der Waals surface area contributed by atoms with Crippen molar-refractivity contribution in [3.05, 3.63) is 64.7 Å². The van der Waals surface area contributed by atoms with Gasteiger partial charge >= 0.3 is 5.97 Å². The summed E-state index contributed by atoms with van der Waals surface area (Å²) in [5, 5.41) is 0.137. The highest BCUT2D eigenvalue weighted by Gasteiger charge is 2.26. The van der Waals surface area contributed by atoms with Crippen LogP contribution in [0.3, 0.4) is 0 Å². The molecule has 4 nitrogen and oxygen atoms in total. The number of benzene rings is 2. The van der Waals surface area contributed by atoms with Crippen LogP contribution in [0.5, 0.6) is 5.75 Å². The monoisotopic (exact) mass is 371 g/mol.